The van der Waals surface area contributed by atoms with Crippen LogP contribution in [0.1, 0.15) is 5.56 Å². The molecule has 1 aliphatic heterocycles. The minimum Gasteiger partial charge on any atom is -0.480 e. The third kappa shape index (κ3) is 2.76. The number of halogens is 5. The predicted molar refractivity (Wildman–Crippen MR) is 84.8 cm³/mol. The van der Waals surface area contributed by atoms with E-state index in [-0.39, 0.29) is 16.3 Å². The lowest BCUT2D eigenvalue weighted by atomic mass is 10.0. The third-order valence-electron chi connectivity index (χ3n) is 3.62. The number of fused-ring (bicyclic) bond motifs is 2. The van der Waals surface area contributed by atoms with Gasteiger partial charge in [0, 0.05) is 11.6 Å². The van der Waals surface area contributed by atoms with Crippen LogP contribution >= 0.6 is 35.0 Å². The Morgan fingerprint density at radius 1 is 1.42 bits per heavy atom. The van der Waals surface area contributed by atoms with E-state index in [4.69, 9.17) is 27.9 Å². The van der Waals surface area contributed by atoms with Crippen molar-refractivity contribution in [2.75, 3.05) is 0 Å². The first-order valence-corrected chi connectivity index (χ1v) is 8.10. The van der Waals surface area contributed by atoms with Crippen LogP contribution in [-0.2, 0) is 0 Å². The molecule has 0 bridgehead atoms. The van der Waals surface area contributed by atoms with Crippen LogP contribution in [0.5, 0.6) is 5.75 Å². The highest BCUT2D eigenvalue weighted by Crippen LogP contribution is 2.56. The molecule has 1 heterocycles. The Kier molecular flexibility index (Phi) is 4.05. The van der Waals surface area contributed by atoms with Gasteiger partial charge in [0.05, 0.1) is 20.4 Å². The van der Waals surface area contributed by atoms with Crippen molar-refractivity contribution in [2.45, 2.75) is 28.3 Å². The molecule has 0 radical (unpaired) electrons. The molecule has 3 rings (SSSR count). The van der Waals surface area contributed by atoms with Crippen molar-refractivity contribution >= 4 is 40.7 Å². The zero-order chi connectivity index (χ0) is 17.9. The Balaban J connectivity index is 2.12. The number of nitrogens with zero attached hydrogens (tertiary/aromatic N) is 1. The highest BCUT2D eigenvalue weighted by Gasteiger charge is 2.50. The second-order valence-electron chi connectivity index (χ2n) is 5.22. The SMILES string of the molecule is Cc1c([N+](=O)[O-])ccc2c1SC1(Cl)C=C(C(F)(F)F)C=C(Cl)C1O2. The Bertz CT molecular complexity index is 809. The average Bonchev–Trinajstić information content (AvgIpc) is 2.45. The normalized spacial score (nSPS) is 25.8. The molecule has 2 aliphatic rings. The zero-order valence-corrected chi connectivity index (χ0v) is 14.2. The maximum absolute atomic E-state index is 13.0. The fourth-order valence-corrected chi connectivity index (χ4v) is 4.70. The molecule has 0 aromatic heterocycles. The van der Waals surface area contributed by atoms with Gasteiger partial charge in [0.2, 0.25) is 0 Å². The van der Waals surface area contributed by atoms with Crippen molar-refractivity contribution in [3.05, 3.63) is 50.6 Å². The van der Waals surface area contributed by atoms with Gasteiger partial charge in [-0.25, -0.2) is 0 Å². The number of alkyl halides is 4. The van der Waals surface area contributed by atoms with Crippen molar-refractivity contribution < 1.29 is 22.8 Å². The van der Waals surface area contributed by atoms with Gasteiger partial charge in [-0.3, -0.25) is 10.1 Å². The molecule has 0 N–H and O–H groups in total. The number of hydrogen-bond donors (Lipinski definition) is 0. The number of allylic oxidation sites excluding steroid dienone is 2. The Labute approximate surface area is 148 Å². The summed E-state index contributed by atoms with van der Waals surface area (Å²) in [6, 6.07) is 2.66. The first kappa shape index (κ1) is 17.4. The van der Waals surface area contributed by atoms with Crippen LogP contribution < -0.4 is 4.74 Å². The molecule has 2 atom stereocenters. The van der Waals surface area contributed by atoms with Crippen LogP contribution in [0.25, 0.3) is 0 Å². The van der Waals surface area contributed by atoms with Crippen LogP contribution in [0.3, 0.4) is 0 Å². The topological polar surface area (TPSA) is 52.4 Å². The quantitative estimate of drug-likeness (QED) is 0.365. The third-order valence-corrected chi connectivity index (χ3v) is 5.82. The molecular weight excluding hydrogens is 390 g/mol. The fraction of sp³-hybridized carbons (Fsp3) is 0.286. The van der Waals surface area contributed by atoms with E-state index in [9.17, 15) is 23.3 Å². The fourth-order valence-electron chi connectivity index (χ4n) is 2.48. The summed E-state index contributed by atoms with van der Waals surface area (Å²) in [4.78, 5) is 10.8. The minimum absolute atomic E-state index is 0.166. The molecule has 0 saturated carbocycles. The average molecular weight is 398 g/mol. The summed E-state index contributed by atoms with van der Waals surface area (Å²) in [6.07, 6.45) is -4.04. The van der Waals surface area contributed by atoms with E-state index in [1.807, 2.05) is 0 Å². The lowest BCUT2D eigenvalue weighted by Crippen LogP contribution is -2.43. The van der Waals surface area contributed by atoms with Crippen LogP contribution in [0.4, 0.5) is 18.9 Å². The van der Waals surface area contributed by atoms with Crippen molar-refractivity contribution in [1.29, 1.82) is 0 Å². The summed E-state index contributed by atoms with van der Waals surface area (Å²) in [7, 11) is 0. The predicted octanol–water partition coefficient (Wildman–Crippen LogP) is 5.32. The lowest BCUT2D eigenvalue weighted by Gasteiger charge is -2.40. The molecule has 0 fully saturated rings. The maximum atomic E-state index is 13.0. The first-order chi connectivity index (χ1) is 11.0. The van der Waals surface area contributed by atoms with Crippen LogP contribution in [0.2, 0.25) is 0 Å². The molecule has 128 valence electrons. The summed E-state index contributed by atoms with van der Waals surface area (Å²) in [6.45, 7) is 1.49. The van der Waals surface area contributed by atoms with Crippen LogP contribution in [-0.4, -0.2) is 21.4 Å². The Morgan fingerprint density at radius 3 is 2.67 bits per heavy atom. The summed E-state index contributed by atoms with van der Waals surface area (Å²) in [5, 5.41) is 10.9. The second-order valence-corrected chi connectivity index (χ2v) is 7.79. The van der Waals surface area contributed by atoms with Crippen molar-refractivity contribution in [3.8, 4) is 5.75 Å². The van der Waals surface area contributed by atoms with Gasteiger partial charge in [-0.05, 0) is 25.1 Å². The van der Waals surface area contributed by atoms with Crippen molar-refractivity contribution in [1.82, 2.24) is 0 Å². The number of thioether (sulfide) groups is 1. The van der Waals surface area contributed by atoms with Gasteiger partial charge in [-0.1, -0.05) is 35.0 Å². The second kappa shape index (κ2) is 5.57. The molecule has 1 aromatic carbocycles. The maximum Gasteiger partial charge on any atom is 0.416 e. The van der Waals surface area contributed by atoms with Crippen molar-refractivity contribution in [2.24, 2.45) is 0 Å². The van der Waals surface area contributed by atoms with E-state index in [1.54, 1.807) is 0 Å². The zero-order valence-electron chi connectivity index (χ0n) is 11.9. The van der Waals surface area contributed by atoms with Crippen LogP contribution in [0.15, 0.2) is 39.8 Å². The van der Waals surface area contributed by atoms with E-state index in [0.717, 1.165) is 23.9 Å². The summed E-state index contributed by atoms with van der Waals surface area (Å²) < 4.78 is 43.0. The lowest BCUT2D eigenvalue weighted by molar-refractivity contribution is -0.385. The van der Waals surface area contributed by atoms with Gasteiger partial charge in [0.25, 0.3) is 5.69 Å². The van der Waals surface area contributed by atoms with E-state index >= 15 is 0 Å². The summed E-state index contributed by atoms with van der Waals surface area (Å²) in [5.74, 6) is 0.291. The van der Waals surface area contributed by atoms with Gasteiger partial charge >= 0.3 is 6.18 Å². The molecule has 4 nitrogen and oxygen atoms in total. The van der Waals surface area contributed by atoms with E-state index in [2.05, 4.69) is 0 Å². The standard InChI is InChI=1S/C14H8Cl2F3NO3S/c1-6-9(20(21)22)2-3-10-11(6)24-13(16)5-7(14(17,18)19)4-8(15)12(13)23-10/h2-5,12H,1H3. The molecular formula is C14H8Cl2F3NO3S. The minimum atomic E-state index is -4.62. The molecule has 0 amide bonds. The van der Waals surface area contributed by atoms with E-state index in [0.29, 0.717) is 10.6 Å². The number of ether oxygens (including phenoxy) is 1. The first-order valence-electron chi connectivity index (χ1n) is 6.52. The van der Waals surface area contributed by atoms with Gasteiger partial charge < -0.3 is 4.74 Å². The van der Waals surface area contributed by atoms with Gasteiger partial charge in [0.15, 0.2) is 10.3 Å². The van der Waals surface area contributed by atoms with E-state index < -0.39 is 27.0 Å². The molecule has 24 heavy (non-hydrogen) atoms. The number of rotatable bonds is 1. The monoisotopic (exact) mass is 397 g/mol. The largest absolute Gasteiger partial charge is 0.480 e. The van der Waals surface area contributed by atoms with E-state index in [1.165, 1.54) is 19.1 Å². The Hall–Kier alpha value is -1.38. The summed E-state index contributed by atoms with van der Waals surface area (Å²) in [5.41, 5.74) is -0.879. The highest BCUT2D eigenvalue weighted by atomic mass is 35.5. The Morgan fingerprint density at radius 2 is 2.08 bits per heavy atom. The summed E-state index contributed by atoms with van der Waals surface area (Å²) >= 11 is 13.2. The highest BCUT2D eigenvalue weighted by molar-refractivity contribution is 8.02. The number of benzene rings is 1. The molecule has 10 heteroatoms. The molecule has 0 saturated heterocycles. The number of nitro groups is 1. The number of hydrogen-bond acceptors (Lipinski definition) is 4. The van der Waals surface area contributed by atoms with Gasteiger partial charge in [-0.15, -0.1) is 0 Å². The molecule has 1 aromatic rings. The van der Waals surface area contributed by atoms with Crippen molar-refractivity contribution in [3.63, 3.8) is 0 Å². The van der Waals surface area contributed by atoms with Crippen LogP contribution in [0, 0.1) is 17.0 Å². The van der Waals surface area contributed by atoms with Gasteiger partial charge in [0.1, 0.15) is 5.75 Å². The molecule has 1 aliphatic carbocycles. The number of nitro benzene ring substituents is 1. The van der Waals surface area contributed by atoms with Gasteiger partial charge in [-0.2, -0.15) is 13.2 Å². The smallest absolute Gasteiger partial charge is 0.416 e. The molecule has 2 unspecified atom stereocenters. The molecule has 0 spiro atoms.